The van der Waals surface area contributed by atoms with Crippen LogP contribution in [0.1, 0.15) is 25.7 Å². The van der Waals surface area contributed by atoms with Crippen LogP contribution in [0, 0.1) is 0 Å². The SMILES string of the molecule is CN=C(NCCCCN1CCN(c2ccccc2)CC1)NCCCOC1CCOC1. The molecule has 1 unspecified atom stereocenters. The Labute approximate surface area is 181 Å². The Morgan fingerprint density at radius 1 is 1.07 bits per heavy atom. The zero-order valence-corrected chi connectivity index (χ0v) is 18.5. The van der Waals surface area contributed by atoms with Gasteiger partial charge in [-0.3, -0.25) is 9.89 Å². The van der Waals surface area contributed by atoms with Crippen molar-refractivity contribution in [3.63, 3.8) is 0 Å². The highest BCUT2D eigenvalue weighted by molar-refractivity contribution is 5.79. The minimum absolute atomic E-state index is 0.295. The van der Waals surface area contributed by atoms with Crippen molar-refractivity contribution in [2.45, 2.75) is 31.8 Å². The average molecular weight is 418 g/mol. The Morgan fingerprint density at radius 2 is 1.83 bits per heavy atom. The van der Waals surface area contributed by atoms with E-state index in [0.29, 0.717) is 6.10 Å². The van der Waals surface area contributed by atoms with Crippen LogP contribution in [0.4, 0.5) is 5.69 Å². The van der Waals surface area contributed by atoms with Crippen LogP contribution in [-0.2, 0) is 9.47 Å². The Morgan fingerprint density at radius 3 is 2.53 bits per heavy atom. The molecule has 0 amide bonds. The molecule has 0 spiro atoms. The number of ether oxygens (including phenoxy) is 2. The Kier molecular flexibility index (Phi) is 10.3. The van der Waals surface area contributed by atoms with Crippen LogP contribution < -0.4 is 15.5 Å². The van der Waals surface area contributed by atoms with Gasteiger partial charge in [0, 0.05) is 65.2 Å². The molecule has 30 heavy (non-hydrogen) atoms. The fourth-order valence-electron chi connectivity index (χ4n) is 3.93. The summed E-state index contributed by atoms with van der Waals surface area (Å²) in [5.41, 5.74) is 1.35. The number of piperazine rings is 1. The number of anilines is 1. The van der Waals surface area contributed by atoms with Gasteiger partial charge >= 0.3 is 0 Å². The van der Waals surface area contributed by atoms with Gasteiger partial charge in [0.25, 0.3) is 0 Å². The average Bonchev–Trinajstić information content (AvgIpc) is 3.32. The lowest BCUT2D eigenvalue weighted by Gasteiger charge is -2.36. The van der Waals surface area contributed by atoms with Gasteiger partial charge in [-0.2, -0.15) is 0 Å². The summed E-state index contributed by atoms with van der Waals surface area (Å²) in [5.74, 6) is 0.885. The van der Waals surface area contributed by atoms with E-state index < -0.39 is 0 Å². The highest BCUT2D eigenvalue weighted by Gasteiger charge is 2.16. The number of nitrogens with one attached hydrogen (secondary N) is 2. The molecule has 0 radical (unpaired) electrons. The quantitative estimate of drug-likeness (QED) is 0.326. The maximum Gasteiger partial charge on any atom is 0.190 e. The predicted molar refractivity (Wildman–Crippen MR) is 123 cm³/mol. The van der Waals surface area contributed by atoms with E-state index in [2.05, 4.69) is 55.8 Å². The maximum absolute atomic E-state index is 5.79. The number of benzene rings is 1. The fraction of sp³-hybridized carbons (Fsp3) is 0.696. The highest BCUT2D eigenvalue weighted by atomic mass is 16.5. The molecule has 0 saturated carbocycles. The smallest absolute Gasteiger partial charge is 0.190 e. The van der Waals surface area contributed by atoms with Crippen molar-refractivity contribution < 1.29 is 9.47 Å². The Bertz CT molecular complexity index is 599. The van der Waals surface area contributed by atoms with Crippen molar-refractivity contribution in [3.8, 4) is 0 Å². The summed E-state index contributed by atoms with van der Waals surface area (Å²) in [5, 5.41) is 6.79. The van der Waals surface area contributed by atoms with Gasteiger partial charge in [-0.05, 0) is 44.4 Å². The summed E-state index contributed by atoms with van der Waals surface area (Å²) in [6, 6.07) is 10.7. The second-order valence-electron chi connectivity index (χ2n) is 8.01. The lowest BCUT2D eigenvalue weighted by atomic mass is 10.2. The third-order valence-electron chi connectivity index (χ3n) is 5.77. The number of nitrogens with zero attached hydrogens (tertiary/aromatic N) is 3. The number of aliphatic imine (C=N–C) groups is 1. The van der Waals surface area contributed by atoms with Gasteiger partial charge < -0.3 is 25.0 Å². The fourth-order valence-corrected chi connectivity index (χ4v) is 3.93. The molecule has 2 saturated heterocycles. The Hall–Kier alpha value is -1.83. The van der Waals surface area contributed by atoms with Crippen LogP contribution in [-0.4, -0.2) is 89.6 Å². The molecule has 2 aliphatic rings. The lowest BCUT2D eigenvalue weighted by Crippen LogP contribution is -2.46. The zero-order valence-electron chi connectivity index (χ0n) is 18.5. The molecule has 1 atom stereocenters. The standard InChI is InChI=1S/C23H39N5O2/c1-24-23(26-12-7-18-30-22-10-19-29-20-22)25-11-5-6-13-27-14-16-28(17-15-27)21-8-3-2-4-9-21/h2-4,8-9,22H,5-7,10-20H2,1H3,(H2,24,25,26). The number of unbranched alkanes of at least 4 members (excludes halogenated alkanes) is 1. The first-order chi connectivity index (χ1) is 14.8. The number of guanidine groups is 1. The molecule has 2 heterocycles. The number of hydrogen-bond acceptors (Lipinski definition) is 5. The molecule has 0 aliphatic carbocycles. The number of para-hydroxylation sites is 1. The molecule has 168 valence electrons. The van der Waals surface area contributed by atoms with E-state index in [1.54, 1.807) is 0 Å². The lowest BCUT2D eigenvalue weighted by molar-refractivity contribution is 0.0420. The van der Waals surface area contributed by atoms with Crippen LogP contribution >= 0.6 is 0 Å². The second-order valence-corrected chi connectivity index (χ2v) is 8.01. The largest absolute Gasteiger partial charge is 0.379 e. The predicted octanol–water partition coefficient (Wildman–Crippen LogP) is 1.95. The summed E-state index contributed by atoms with van der Waals surface area (Å²) in [4.78, 5) is 9.38. The summed E-state index contributed by atoms with van der Waals surface area (Å²) in [7, 11) is 1.83. The van der Waals surface area contributed by atoms with Gasteiger partial charge in [0.05, 0.1) is 12.7 Å². The minimum atomic E-state index is 0.295. The van der Waals surface area contributed by atoms with Gasteiger partial charge in [0.15, 0.2) is 5.96 Å². The van der Waals surface area contributed by atoms with E-state index in [0.717, 1.165) is 84.3 Å². The summed E-state index contributed by atoms with van der Waals surface area (Å²) in [6.07, 6.45) is 4.67. The van der Waals surface area contributed by atoms with E-state index in [9.17, 15) is 0 Å². The molecular weight excluding hydrogens is 378 g/mol. The highest BCUT2D eigenvalue weighted by Crippen LogP contribution is 2.15. The summed E-state index contributed by atoms with van der Waals surface area (Å²) in [6.45, 7) is 9.92. The molecule has 7 nitrogen and oxygen atoms in total. The first-order valence-corrected chi connectivity index (χ1v) is 11.5. The third kappa shape index (κ3) is 8.13. The van der Waals surface area contributed by atoms with Crippen molar-refractivity contribution in [1.82, 2.24) is 15.5 Å². The zero-order chi connectivity index (χ0) is 20.9. The molecule has 7 heteroatoms. The monoisotopic (exact) mass is 417 g/mol. The van der Waals surface area contributed by atoms with Crippen LogP contribution in [0.3, 0.4) is 0 Å². The van der Waals surface area contributed by atoms with Crippen molar-refractivity contribution in [3.05, 3.63) is 30.3 Å². The molecule has 0 aromatic heterocycles. The van der Waals surface area contributed by atoms with Crippen molar-refractivity contribution in [2.24, 2.45) is 4.99 Å². The molecule has 2 N–H and O–H groups in total. The van der Waals surface area contributed by atoms with E-state index in [1.165, 1.54) is 18.7 Å². The molecule has 1 aromatic carbocycles. The van der Waals surface area contributed by atoms with E-state index in [1.807, 2.05) is 7.05 Å². The van der Waals surface area contributed by atoms with E-state index in [-0.39, 0.29) is 0 Å². The molecule has 0 bridgehead atoms. The van der Waals surface area contributed by atoms with Gasteiger partial charge in [-0.15, -0.1) is 0 Å². The molecule has 2 aliphatic heterocycles. The van der Waals surface area contributed by atoms with Crippen molar-refractivity contribution >= 4 is 11.6 Å². The van der Waals surface area contributed by atoms with Crippen LogP contribution in [0.5, 0.6) is 0 Å². The van der Waals surface area contributed by atoms with E-state index in [4.69, 9.17) is 9.47 Å². The molecule has 1 aromatic rings. The third-order valence-corrected chi connectivity index (χ3v) is 5.77. The van der Waals surface area contributed by atoms with Crippen LogP contribution in [0.15, 0.2) is 35.3 Å². The molecule has 3 rings (SSSR count). The molecule has 2 fully saturated rings. The number of rotatable bonds is 11. The summed E-state index contributed by atoms with van der Waals surface area (Å²) < 4.78 is 11.1. The topological polar surface area (TPSA) is 61.4 Å². The first kappa shape index (κ1) is 22.8. The van der Waals surface area contributed by atoms with Crippen LogP contribution in [0.2, 0.25) is 0 Å². The van der Waals surface area contributed by atoms with Crippen molar-refractivity contribution in [1.29, 1.82) is 0 Å². The molecular formula is C23H39N5O2. The van der Waals surface area contributed by atoms with Crippen molar-refractivity contribution in [2.75, 3.05) is 77.6 Å². The van der Waals surface area contributed by atoms with Gasteiger partial charge in [0.2, 0.25) is 0 Å². The maximum atomic E-state index is 5.79. The second kappa shape index (κ2) is 13.5. The summed E-state index contributed by atoms with van der Waals surface area (Å²) >= 11 is 0. The van der Waals surface area contributed by atoms with Gasteiger partial charge in [-0.1, -0.05) is 18.2 Å². The van der Waals surface area contributed by atoms with Gasteiger partial charge in [-0.25, -0.2) is 0 Å². The Balaban J connectivity index is 1.17. The van der Waals surface area contributed by atoms with E-state index >= 15 is 0 Å². The first-order valence-electron chi connectivity index (χ1n) is 11.5. The number of hydrogen-bond donors (Lipinski definition) is 2. The van der Waals surface area contributed by atoms with Gasteiger partial charge in [0.1, 0.15) is 0 Å². The van der Waals surface area contributed by atoms with Crippen LogP contribution in [0.25, 0.3) is 0 Å². The normalized spacial score (nSPS) is 20.5. The minimum Gasteiger partial charge on any atom is -0.379 e.